The Morgan fingerprint density at radius 3 is 2.55 bits per heavy atom. The number of amides is 2. The summed E-state index contributed by atoms with van der Waals surface area (Å²) < 4.78 is 1.74. The van der Waals surface area contributed by atoms with Gasteiger partial charge in [-0.1, -0.05) is 34.6 Å². The number of rotatable bonds is 5. The Bertz CT molecular complexity index is 472. The van der Waals surface area contributed by atoms with Crippen LogP contribution in [0.25, 0.3) is 0 Å². The highest BCUT2D eigenvalue weighted by Gasteiger charge is 2.21. The van der Waals surface area contributed by atoms with Gasteiger partial charge in [0, 0.05) is 18.0 Å². The van der Waals surface area contributed by atoms with E-state index in [0.29, 0.717) is 11.7 Å². The molecule has 0 aromatic carbocycles. The molecule has 2 N–H and O–H groups in total. The summed E-state index contributed by atoms with van der Waals surface area (Å²) in [5.74, 6) is 0.677. The molecule has 112 valence electrons. The first-order valence-electron chi connectivity index (χ1n) is 6.80. The van der Waals surface area contributed by atoms with Gasteiger partial charge in [-0.15, -0.1) is 0 Å². The number of hydrogen-bond acceptors (Lipinski definition) is 3. The van der Waals surface area contributed by atoms with E-state index in [9.17, 15) is 9.59 Å². The molecule has 6 heteroatoms. The van der Waals surface area contributed by atoms with Crippen LogP contribution in [-0.4, -0.2) is 28.1 Å². The minimum absolute atomic E-state index is 0.0387. The van der Waals surface area contributed by atoms with Crippen LogP contribution in [0.1, 0.15) is 34.6 Å². The predicted octanol–water partition coefficient (Wildman–Crippen LogP) is 1.64. The second-order valence-corrected chi connectivity index (χ2v) is 6.27. The lowest BCUT2D eigenvalue weighted by Crippen LogP contribution is -2.39. The molecule has 0 bridgehead atoms. The van der Waals surface area contributed by atoms with E-state index in [-0.39, 0.29) is 18.4 Å². The minimum atomic E-state index is -0.500. The molecule has 1 aromatic rings. The predicted molar refractivity (Wildman–Crippen MR) is 78.2 cm³/mol. The zero-order valence-electron chi connectivity index (χ0n) is 12.9. The standard InChI is InChI=1S/C14H24N4O2/c1-10(2)9-18-11(6-7-16-18)17-12(19)8-15-13(20)14(3,4)5/h6-7,10H,8-9H2,1-5H3,(H,15,20)(H,17,19). The number of aromatic nitrogens is 2. The highest BCUT2D eigenvalue weighted by Crippen LogP contribution is 2.12. The molecular weight excluding hydrogens is 256 g/mol. The Kier molecular flexibility index (Phi) is 5.30. The first kappa shape index (κ1) is 16.2. The summed E-state index contributed by atoms with van der Waals surface area (Å²) in [6, 6.07) is 1.74. The van der Waals surface area contributed by atoms with E-state index >= 15 is 0 Å². The quantitative estimate of drug-likeness (QED) is 0.861. The highest BCUT2D eigenvalue weighted by atomic mass is 16.2. The summed E-state index contributed by atoms with van der Waals surface area (Å²) in [5, 5.41) is 9.52. The Labute approximate surface area is 119 Å². The first-order chi connectivity index (χ1) is 9.20. The van der Waals surface area contributed by atoms with Crippen LogP contribution in [0.15, 0.2) is 12.3 Å². The molecule has 1 heterocycles. The van der Waals surface area contributed by atoms with Gasteiger partial charge < -0.3 is 10.6 Å². The summed E-state index contributed by atoms with van der Waals surface area (Å²) in [7, 11) is 0. The fraction of sp³-hybridized carbons (Fsp3) is 0.643. The van der Waals surface area contributed by atoms with Crippen molar-refractivity contribution in [3.8, 4) is 0 Å². The lowest BCUT2D eigenvalue weighted by molar-refractivity contribution is -0.130. The number of carbonyl (C=O) groups is 2. The smallest absolute Gasteiger partial charge is 0.244 e. The first-order valence-corrected chi connectivity index (χ1v) is 6.80. The van der Waals surface area contributed by atoms with Crippen molar-refractivity contribution >= 4 is 17.6 Å². The van der Waals surface area contributed by atoms with Crippen molar-refractivity contribution < 1.29 is 9.59 Å². The normalized spacial score (nSPS) is 11.5. The van der Waals surface area contributed by atoms with E-state index in [2.05, 4.69) is 29.6 Å². The molecule has 0 spiro atoms. The van der Waals surface area contributed by atoms with Crippen molar-refractivity contribution in [2.75, 3.05) is 11.9 Å². The molecule has 0 aliphatic rings. The fourth-order valence-electron chi connectivity index (χ4n) is 1.54. The Morgan fingerprint density at radius 1 is 1.35 bits per heavy atom. The average molecular weight is 280 g/mol. The number of hydrogen-bond donors (Lipinski definition) is 2. The topological polar surface area (TPSA) is 76.0 Å². The SMILES string of the molecule is CC(C)Cn1nccc1NC(=O)CNC(=O)C(C)(C)C. The van der Waals surface area contributed by atoms with Crippen LogP contribution in [0.2, 0.25) is 0 Å². The molecule has 0 radical (unpaired) electrons. The third-order valence-corrected chi connectivity index (χ3v) is 2.61. The van der Waals surface area contributed by atoms with Crippen LogP contribution >= 0.6 is 0 Å². The second kappa shape index (κ2) is 6.54. The minimum Gasteiger partial charge on any atom is -0.347 e. The van der Waals surface area contributed by atoms with Crippen molar-refractivity contribution in [1.29, 1.82) is 0 Å². The van der Waals surface area contributed by atoms with Crippen LogP contribution in [0.5, 0.6) is 0 Å². The molecule has 0 atom stereocenters. The largest absolute Gasteiger partial charge is 0.347 e. The zero-order chi connectivity index (χ0) is 15.3. The molecule has 1 rings (SSSR count). The van der Waals surface area contributed by atoms with E-state index in [4.69, 9.17) is 0 Å². The van der Waals surface area contributed by atoms with E-state index in [1.165, 1.54) is 0 Å². The molecule has 6 nitrogen and oxygen atoms in total. The van der Waals surface area contributed by atoms with E-state index in [1.807, 2.05) is 0 Å². The third-order valence-electron chi connectivity index (χ3n) is 2.61. The van der Waals surface area contributed by atoms with Gasteiger partial charge in [-0.3, -0.25) is 9.59 Å². The maximum absolute atomic E-state index is 11.8. The molecule has 1 aromatic heterocycles. The van der Waals surface area contributed by atoms with E-state index < -0.39 is 5.41 Å². The Balaban J connectivity index is 2.51. The molecule has 2 amide bonds. The summed E-state index contributed by atoms with van der Waals surface area (Å²) >= 11 is 0. The van der Waals surface area contributed by atoms with Gasteiger partial charge in [-0.25, -0.2) is 4.68 Å². The highest BCUT2D eigenvalue weighted by molar-refractivity contribution is 5.94. The van der Waals surface area contributed by atoms with Crippen LogP contribution in [-0.2, 0) is 16.1 Å². The van der Waals surface area contributed by atoms with Crippen molar-refractivity contribution in [2.24, 2.45) is 11.3 Å². The Morgan fingerprint density at radius 2 is 2.00 bits per heavy atom. The van der Waals surface area contributed by atoms with E-state index in [0.717, 1.165) is 6.54 Å². The molecule has 0 saturated heterocycles. The fourth-order valence-corrected chi connectivity index (χ4v) is 1.54. The third kappa shape index (κ3) is 5.03. The molecule has 0 unspecified atom stereocenters. The molecular formula is C14H24N4O2. The summed E-state index contributed by atoms with van der Waals surface area (Å²) in [4.78, 5) is 23.5. The van der Waals surface area contributed by atoms with Crippen molar-refractivity contribution in [3.05, 3.63) is 12.3 Å². The van der Waals surface area contributed by atoms with Crippen molar-refractivity contribution in [1.82, 2.24) is 15.1 Å². The van der Waals surface area contributed by atoms with Crippen molar-refractivity contribution in [3.63, 3.8) is 0 Å². The van der Waals surface area contributed by atoms with Gasteiger partial charge in [0.15, 0.2) is 0 Å². The van der Waals surface area contributed by atoms with Crippen LogP contribution in [0.4, 0.5) is 5.82 Å². The molecule has 0 fully saturated rings. The van der Waals surface area contributed by atoms with Gasteiger partial charge in [-0.2, -0.15) is 5.10 Å². The van der Waals surface area contributed by atoms with Gasteiger partial charge >= 0.3 is 0 Å². The van der Waals surface area contributed by atoms with Gasteiger partial charge in [0.05, 0.1) is 12.7 Å². The van der Waals surface area contributed by atoms with Gasteiger partial charge in [0.1, 0.15) is 5.82 Å². The van der Waals surface area contributed by atoms with E-state index in [1.54, 1.807) is 37.7 Å². The number of carbonyl (C=O) groups excluding carboxylic acids is 2. The summed E-state index contributed by atoms with van der Waals surface area (Å²) in [5.41, 5.74) is -0.500. The number of nitrogens with zero attached hydrogens (tertiary/aromatic N) is 2. The van der Waals surface area contributed by atoms with Gasteiger partial charge in [0.25, 0.3) is 0 Å². The van der Waals surface area contributed by atoms with Gasteiger partial charge in [-0.05, 0) is 5.92 Å². The summed E-state index contributed by atoms with van der Waals surface area (Å²) in [6.07, 6.45) is 1.64. The zero-order valence-corrected chi connectivity index (χ0v) is 12.9. The monoisotopic (exact) mass is 280 g/mol. The molecule has 0 aliphatic carbocycles. The molecule has 20 heavy (non-hydrogen) atoms. The molecule has 0 saturated carbocycles. The summed E-state index contributed by atoms with van der Waals surface area (Å²) in [6.45, 7) is 10.3. The van der Waals surface area contributed by atoms with Crippen LogP contribution in [0, 0.1) is 11.3 Å². The number of nitrogens with one attached hydrogen (secondary N) is 2. The average Bonchev–Trinajstić information content (AvgIpc) is 2.71. The van der Waals surface area contributed by atoms with Crippen LogP contribution in [0.3, 0.4) is 0 Å². The lowest BCUT2D eigenvalue weighted by atomic mass is 9.96. The molecule has 0 aliphatic heterocycles. The number of anilines is 1. The maximum Gasteiger partial charge on any atom is 0.244 e. The maximum atomic E-state index is 11.8. The van der Waals surface area contributed by atoms with Crippen LogP contribution < -0.4 is 10.6 Å². The van der Waals surface area contributed by atoms with Crippen molar-refractivity contribution in [2.45, 2.75) is 41.2 Å². The Hall–Kier alpha value is -1.85. The lowest BCUT2D eigenvalue weighted by Gasteiger charge is -2.17. The van der Waals surface area contributed by atoms with Gasteiger partial charge in [0.2, 0.25) is 11.8 Å². The second-order valence-electron chi connectivity index (χ2n) is 6.27.